The zero-order valence-electron chi connectivity index (χ0n) is 19.9. The third kappa shape index (κ3) is 5.11. The fraction of sp³-hybridized carbons (Fsp3) is 0.240. The first kappa shape index (κ1) is 27.1. The van der Waals surface area contributed by atoms with Crippen LogP contribution in [-0.2, 0) is 22.7 Å². The van der Waals surface area contributed by atoms with Crippen molar-refractivity contribution in [2.45, 2.75) is 26.9 Å². The van der Waals surface area contributed by atoms with Crippen LogP contribution in [0.25, 0.3) is 17.1 Å². The summed E-state index contributed by atoms with van der Waals surface area (Å²) in [7, 11) is 0. The first-order valence-electron chi connectivity index (χ1n) is 11.3. The van der Waals surface area contributed by atoms with Crippen molar-refractivity contribution in [1.29, 1.82) is 0 Å². The minimum atomic E-state index is -1.01. The Morgan fingerprint density at radius 2 is 1.46 bits per heavy atom. The zero-order valence-corrected chi connectivity index (χ0v) is 22.9. The molecule has 4 rings (SSSR count). The molecule has 0 saturated heterocycles. The zero-order chi connectivity index (χ0) is 27.0. The summed E-state index contributed by atoms with van der Waals surface area (Å²) < 4.78 is 3.58. The van der Waals surface area contributed by atoms with E-state index in [1.165, 1.54) is 0 Å². The van der Waals surface area contributed by atoms with Crippen LogP contribution in [0.1, 0.15) is 19.7 Å². The highest BCUT2D eigenvalue weighted by Gasteiger charge is 2.32. The highest BCUT2D eigenvalue weighted by atomic mass is 35.5. The van der Waals surface area contributed by atoms with Crippen LogP contribution in [0.5, 0.6) is 0 Å². The van der Waals surface area contributed by atoms with Gasteiger partial charge < -0.3 is 20.0 Å². The van der Waals surface area contributed by atoms with Crippen LogP contribution >= 0.6 is 46.4 Å². The molecule has 37 heavy (non-hydrogen) atoms. The van der Waals surface area contributed by atoms with E-state index < -0.39 is 11.9 Å². The maximum absolute atomic E-state index is 11.7. The molecule has 194 valence electrons. The number of nitrogens with zero attached hydrogens (tertiary/aromatic N) is 4. The summed E-state index contributed by atoms with van der Waals surface area (Å²) in [5, 5.41) is 20.5. The van der Waals surface area contributed by atoms with Crippen LogP contribution in [0.4, 0.5) is 11.4 Å². The van der Waals surface area contributed by atoms with E-state index in [0.29, 0.717) is 56.0 Å². The van der Waals surface area contributed by atoms with Gasteiger partial charge in [-0.1, -0.05) is 52.5 Å². The van der Waals surface area contributed by atoms with Gasteiger partial charge in [0.05, 0.1) is 38.0 Å². The van der Waals surface area contributed by atoms with E-state index in [4.69, 9.17) is 46.4 Å². The highest BCUT2D eigenvalue weighted by molar-refractivity contribution is 6.43. The summed E-state index contributed by atoms with van der Waals surface area (Å²) in [6, 6.07) is 6.73. The molecule has 0 atom stereocenters. The molecule has 0 radical (unpaired) electrons. The Labute approximate surface area is 233 Å². The van der Waals surface area contributed by atoms with Crippen molar-refractivity contribution >= 4 is 86.8 Å². The van der Waals surface area contributed by atoms with Gasteiger partial charge in [0.25, 0.3) is 5.82 Å². The van der Waals surface area contributed by atoms with E-state index in [1.807, 2.05) is 23.3 Å². The molecule has 8 nitrogen and oxygen atoms in total. The molecule has 0 bridgehead atoms. The lowest BCUT2D eigenvalue weighted by atomic mass is 10.2. The first-order valence-corrected chi connectivity index (χ1v) is 12.9. The molecule has 2 heterocycles. The molecule has 0 aliphatic carbocycles. The van der Waals surface area contributed by atoms with Crippen LogP contribution in [0, 0.1) is 0 Å². The molecule has 0 saturated carbocycles. The third-order valence-corrected chi connectivity index (χ3v) is 7.46. The molecule has 0 amide bonds. The summed E-state index contributed by atoms with van der Waals surface area (Å²) in [6.07, 6.45) is 5.30. The van der Waals surface area contributed by atoms with Gasteiger partial charge in [-0.15, -0.1) is 0 Å². The topological polar surface area (TPSA) is 89.9 Å². The standard InChI is InChI=1S/C25H22Cl4N4O4/c1-3-30-18-8-14(26)16(28)10-20(18)32(12-24(34)35)22(30)6-5-7-23-31(4-2)19-9-15(27)17(29)11-21(19)33(23)13-25(36)37/h5-11H,3-4,12-13H2,1-2H3,(H-,34,35,36,37)/p+1. The maximum Gasteiger partial charge on any atom is 0.346 e. The number of benzene rings is 2. The van der Waals surface area contributed by atoms with E-state index >= 15 is 0 Å². The number of imidazole rings is 1. The van der Waals surface area contributed by atoms with Crippen molar-refractivity contribution in [2.75, 3.05) is 22.9 Å². The van der Waals surface area contributed by atoms with Gasteiger partial charge in [-0.3, -0.25) is 4.79 Å². The predicted octanol–water partition coefficient (Wildman–Crippen LogP) is 5.93. The normalized spacial score (nSPS) is 14.4. The van der Waals surface area contributed by atoms with Crippen LogP contribution in [0.3, 0.4) is 0 Å². The molecule has 12 heteroatoms. The lowest BCUT2D eigenvalue weighted by Gasteiger charge is -2.22. The molecule has 0 unspecified atom stereocenters. The van der Waals surface area contributed by atoms with Crippen LogP contribution in [-0.4, -0.2) is 39.8 Å². The van der Waals surface area contributed by atoms with E-state index in [9.17, 15) is 19.8 Å². The van der Waals surface area contributed by atoms with Crippen molar-refractivity contribution < 1.29 is 24.4 Å². The van der Waals surface area contributed by atoms with E-state index in [2.05, 4.69) is 0 Å². The average molecular weight is 585 g/mol. The van der Waals surface area contributed by atoms with Crippen LogP contribution < -0.4 is 14.4 Å². The van der Waals surface area contributed by atoms with Gasteiger partial charge >= 0.3 is 11.9 Å². The summed E-state index contributed by atoms with van der Waals surface area (Å²) in [6.45, 7) is 4.41. The van der Waals surface area contributed by atoms with Crippen molar-refractivity contribution in [3.05, 3.63) is 68.2 Å². The summed E-state index contributed by atoms with van der Waals surface area (Å²) in [5.74, 6) is -0.790. The number of hydrogen-bond acceptors (Lipinski definition) is 4. The number of allylic oxidation sites excluding steroid dienone is 2. The summed E-state index contributed by atoms with van der Waals surface area (Å²) >= 11 is 25.0. The second kappa shape index (κ2) is 10.8. The molecule has 0 fully saturated rings. The number of hydrogen-bond donors (Lipinski definition) is 2. The van der Waals surface area contributed by atoms with Crippen LogP contribution in [0.15, 0.2) is 42.2 Å². The quantitative estimate of drug-likeness (QED) is 0.319. The van der Waals surface area contributed by atoms with Gasteiger partial charge in [0.15, 0.2) is 17.6 Å². The first-order chi connectivity index (χ1) is 17.6. The Balaban J connectivity index is 1.86. The fourth-order valence-electron chi connectivity index (χ4n) is 4.55. The number of carboxylic acid groups (broad SMARTS) is 2. The Morgan fingerprint density at radius 1 is 0.865 bits per heavy atom. The van der Waals surface area contributed by atoms with Gasteiger partial charge in [0.2, 0.25) is 0 Å². The smallest absolute Gasteiger partial charge is 0.346 e. The number of carbonyl (C=O) groups is 2. The second-order valence-electron chi connectivity index (χ2n) is 8.20. The van der Waals surface area contributed by atoms with Crippen LogP contribution in [0.2, 0.25) is 20.1 Å². The van der Waals surface area contributed by atoms with Gasteiger partial charge in [0, 0.05) is 24.8 Å². The number of fused-ring (bicyclic) bond motifs is 2. The predicted molar refractivity (Wildman–Crippen MR) is 147 cm³/mol. The number of halogens is 4. The number of anilines is 2. The number of carboxylic acids is 2. The summed E-state index contributed by atoms with van der Waals surface area (Å²) in [5.41, 5.74) is 2.74. The molecule has 2 N–H and O–H groups in total. The van der Waals surface area contributed by atoms with Gasteiger partial charge in [-0.25, -0.2) is 13.9 Å². The molecular formula is C25H23Cl4N4O4+. The monoisotopic (exact) mass is 583 g/mol. The fourth-order valence-corrected chi connectivity index (χ4v) is 5.18. The van der Waals surface area contributed by atoms with Gasteiger partial charge in [0.1, 0.15) is 12.4 Å². The molecule has 1 aromatic heterocycles. The number of aromatic nitrogens is 2. The Kier molecular flexibility index (Phi) is 7.94. The van der Waals surface area contributed by atoms with Gasteiger partial charge in [-0.2, -0.15) is 0 Å². The molecule has 3 aromatic rings. The minimum absolute atomic E-state index is 0.285. The lowest BCUT2D eigenvalue weighted by molar-refractivity contribution is -0.662. The molecule has 1 aliphatic heterocycles. The van der Waals surface area contributed by atoms with E-state index in [-0.39, 0.29) is 13.1 Å². The lowest BCUT2D eigenvalue weighted by Crippen LogP contribution is -2.40. The Morgan fingerprint density at radius 3 is 2.03 bits per heavy atom. The summed E-state index contributed by atoms with van der Waals surface area (Å²) in [4.78, 5) is 27.0. The van der Waals surface area contributed by atoms with Crippen molar-refractivity contribution in [3.63, 3.8) is 0 Å². The molecule has 0 spiro atoms. The molecular weight excluding hydrogens is 562 g/mol. The van der Waals surface area contributed by atoms with Crippen molar-refractivity contribution in [2.24, 2.45) is 0 Å². The Hall–Kier alpha value is -2.91. The second-order valence-corrected chi connectivity index (χ2v) is 9.83. The number of aryl methyl sites for hydroxylation is 1. The van der Waals surface area contributed by atoms with Gasteiger partial charge in [-0.05, 0) is 32.1 Å². The third-order valence-electron chi connectivity index (χ3n) is 6.01. The SMILES string of the molecule is CCN1C(=CC=Cc2n(CC)c3cc(Cl)c(Cl)cc3[n+]2CC(=O)O)N(CC(=O)O)c2cc(Cl)c(Cl)cc21. The number of aliphatic carboxylic acids is 2. The van der Waals surface area contributed by atoms with Crippen molar-refractivity contribution in [1.82, 2.24) is 4.57 Å². The Bertz CT molecular complexity index is 1480. The van der Waals surface area contributed by atoms with E-state index in [0.717, 1.165) is 11.2 Å². The average Bonchev–Trinajstić information content (AvgIpc) is 3.25. The van der Waals surface area contributed by atoms with E-state index in [1.54, 1.807) is 52.0 Å². The largest absolute Gasteiger partial charge is 0.480 e. The molecule has 2 aromatic carbocycles. The highest BCUT2D eigenvalue weighted by Crippen LogP contribution is 2.45. The number of rotatable bonds is 8. The minimum Gasteiger partial charge on any atom is -0.480 e. The molecule has 1 aliphatic rings. The maximum atomic E-state index is 11.7. The van der Waals surface area contributed by atoms with Crippen molar-refractivity contribution in [3.8, 4) is 0 Å².